The average Bonchev–Trinajstić information content (AvgIpc) is 2.98. The van der Waals surface area contributed by atoms with Gasteiger partial charge in [0.2, 0.25) is 0 Å². The molecule has 6 nitrogen and oxygen atoms in total. The second-order valence-corrected chi connectivity index (χ2v) is 7.79. The lowest BCUT2D eigenvalue weighted by Crippen LogP contribution is -2.44. The number of sulfonamides is 1. The van der Waals surface area contributed by atoms with Crippen LogP contribution in [-0.2, 0) is 10.0 Å². The van der Waals surface area contributed by atoms with Crippen LogP contribution in [0, 0.1) is 5.41 Å². The van der Waals surface area contributed by atoms with Crippen molar-refractivity contribution in [2.24, 2.45) is 5.41 Å². The Labute approximate surface area is 120 Å². The van der Waals surface area contributed by atoms with E-state index in [1.807, 2.05) is 20.8 Å². The highest BCUT2D eigenvalue weighted by Gasteiger charge is 2.40. The largest absolute Gasteiger partial charge is 0.396 e. The molecule has 0 amide bonds. The van der Waals surface area contributed by atoms with Gasteiger partial charge in [-0.15, -0.1) is 0 Å². The Bertz CT molecular complexity index is 567. The van der Waals surface area contributed by atoms with Gasteiger partial charge in [0.15, 0.2) is 5.03 Å². The summed E-state index contributed by atoms with van der Waals surface area (Å²) in [6.45, 7) is 5.83. The summed E-state index contributed by atoms with van der Waals surface area (Å²) in [4.78, 5) is 3.97. The van der Waals surface area contributed by atoms with Crippen molar-refractivity contribution in [2.45, 2.75) is 57.1 Å². The third kappa shape index (κ3) is 2.89. The lowest BCUT2D eigenvalue weighted by Gasteiger charge is -2.29. The number of hydrogen-bond acceptors (Lipinski definition) is 4. The lowest BCUT2D eigenvalue weighted by atomic mass is 9.86. The van der Waals surface area contributed by atoms with E-state index in [0.29, 0.717) is 0 Å². The molecule has 1 saturated carbocycles. The third-order valence-electron chi connectivity index (χ3n) is 4.19. The first-order chi connectivity index (χ1) is 9.28. The van der Waals surface area contributed by atoms with E-state index in [2.05, 4.69) is 9.71 Å². The van der Waals surface area contributed by atoms with Crippen molar-refractivity contribution in [1.29, 1.82) is 0 Å². The van der Waals surface area contributed by atoms with Crippen LogP contribution in [0.3, 0.4) is 0 Å². The van der Waals surface area contributed by atoms with E-state index >= 15 is 0 Å². The molecule has 1 aromatic heterocycles. The van der Waals surface area contributed by atoms with Crippen molar-refractivity contribution in [2.75, 3.05) is 6.61 Å². The zero-order valence-electron chi connectivity index (χ0n) is 12.2. The van der Waals surface area contributed by atoms with Crippen LogP contribution in [0.1, 0.15) is 46.1 Å². The summed E-state index contributed by atoms with van der Waals surface area (Å²) in [5.74, 6) is 0. The normalized spacial score (nSPS) is 27.4. The number of aromatic nitrogens is 2. The molecule has 2 atom stereocenters. The van der Waals surface area contributed by atoms with E-state index in [1.54, 1.807) is 4.57 Å². The minimum Gasteiger partial charge on any atom is -0.396 e. The quantitative estimate of drug-likeness (QED) is 0.858. The van der Waals surface area contributed by atoms with E-state index in [0.717, 1.165) is 19.3 Å². The van der Waals surface area contributed by atoms with E-state index < -0.39 is 10.0 Å². The summed E-state index contributed by atoms with van der Waals surface area (Å²) in [5, 5.41) is 9.53. The molecule has 1 fully saturated rings. The maximum Gasteiger partial charge on any atom is 0.259 e. The van der Waals surface area contributed by atoms with Gasteiger partial charge in [-0.3, -0.25) is 0 Å². The van der Waals surface area contributed by atoms with Gasteiger partial charge in [0.25, 0.3) is 10.0 Å². The van der Waals surface area contributed by atoms with Gasteiger partial charge in [-0.25, -0.2) is 18.1 Å². The summed E-state index contributed by atoms with van der Waals surface area (Å²) in [6, 6.07) is -0.0673. The second kappa shape index (κ2) is 5.46. The first kappa shape index (κ1) is 15.5. The Hall–Kier alpha value is -0.920. The predicted octanol–water partition coefficient (Wildman–Crippen LogP) is 1.29. The van der Waals surface area contributed by atoms with Gasteiger partial charge >= 0.3 is 0 Å². The number of aliphatic hydroxyl groups excluding tert-OH is 1. The maximum atomic E-state index is 12.4. The zero-order chi connectivity index (χ0) is 15.0. The Morgan fingerprint density at radius 3 is 2.85 bits per heavy atom. The molecule has 1 aliphatic carbocycles. The molecule has 1 aliphatic rings. The fourth-order valence-corrected chi connectivity index (χ4v) is 3.95. The predicted molar refractivity (Wildman–Crippen MR) is 75.8 cm³/mol. The van der Waals surface area contributed by atoms with Crippen LogP contribution in [0.5, 0.6) is 0 Å². The number of nitrogens with one attached hydrogen (secondary N) is 1. The van der Waals surface area contributed by atoms with Gasteiger partial charge in [-0.1, -0.05) is 13.3 Å². The number of imidazole rings is 1. The number of rotatable bonds is 5. The summed E-state index contributed by atoms with van der Waals surface area (Å²) < 4.78 is 29.2. The van der Waals surface area contributed by atoms with Crippen LogP contribution in [0.15, 0.2) is 17.6 Å². The Kier molecular flexibility index (Phi) is 4.22. The molecule has 0 spiro atoms. The van der Waals surface area contributed by atoms with Crippen molar-refractivity contribution >= 4 is 10.0 Å². The fourth-order valence-electron chi connectivity index (χ4n) is 2.61. The van der Waals surface area contributed by atoms with Crippen molar-refractivity contribution < 1.29 is 13.5 Å². The van der Waals surface area contributed by atoms with Crippen LogP contribution in [0.4, 0.5) is 0 Å². The van der Waals surface area contributed by atoms with E-state index in [9.17, 15) is 13.5 Å². The molecule has 1 aromatic rings. The third-order valence-corrected chi connectivity index (χ3v) is 5.55. The standard InChI is InChI=1S/C13H23N3O3S/c1-10(2)16-7-12(14-9-16)20(18,19)15-11-5-4-6-13(11,3)8-17/h7,9-11,15,17H,4-6,8H2,1-3H3. The molecule has 2 N–H and O–H groups in total. The topological polar surface area (TPSA) is 84.2 Å². The highest BCUT2D eigenvalue weighted by molar-refractivity contribution is 7.89. The first-order valence-electron chi connectivity index (χ1n) is 6.95. The highest BCUT2D eigenvalue weighted by Crippen LogP contribution is 2.38. The van der Waals surface area contributed by atoms with Crippen molar-refractivity contribution in [3.8, 4) is 0 Å². The molecule has 2 rings (SSSR count). The summed E-state index contributed by atoms with van der Waals surface area (Å²) in [7, 11) is -3.63. The highest BCUT2D eigenvalue weighted by atomic mass is 32.2. The molecule has 1 heterocycles. The molecular weight excluding hydrogens is 278 g/mol. The molecule has 2 unspecified atom stereocenters. The Morgan fingerprint density at radius 2 is 2.30 bits per heavy atom. The summed E-state index contributed by atoms with van der Waals surface area (Å²) >= 11 is 0. The molecule has 0 saturated heterocycles. The molecule has 0 aliphatic heterocycles. The van der Waals surface area contributed by atoms with Crippen LogP contribution >= 0.6 is 0 Å². The number of nitrogens with zero attached hydrogens (tertiary/aromatic N) is 2. The smallest absolute Gasteiger partial charge is 0.259 e. The maximum absolute atomic E-state index is 12.4. The summed E-state index contributed by atoms with van der Waals surface area (Å²) in [5.41, 5.74) is -0.381. The van der Waals surface area contributed by atoms with Gasteiger partial charge in [0.1, 0.15) is 0 Å². The molecule has 7 heteroatoms. The van der Waals surface area contributed by atoms with E-state index in [4.69, 9.17) is 0 Å². The van der Waals surface area contributed by atoms with Crippen LogP contribution in [-0.4, -0.2) is 35.7 Å². The molecule has 0 radical (unpaired) electrons. The summed E-state index contributed by atoms with van der Waals surface area (Å²) in [6.07, 6.45) is 5.57. The molecule has 20 heavy (non-hydrogen) atoms. The minimum atomic E-state index is -3.63. The Morgan fingerprint density at radius 1 is 1.60 bits per heavy atom. The fraction of sp³-hybridized carbons (Fsp3) is 0.769. The average molecular weight is 301 g/mol. The van der Waals surface area contributed by atoms with Gasteiger partial charge in [0.05, 0.1) is 6.33 Å². The monoisotopic (exact) mass is 301 g/mol. The SMILES string of the molecule is CC(C)n1cnc(S(=O)(=O)NC2CCCC2(C)CO)c1. The number of hydrogen-bond donors (Lipinski definition) is 2. The zero-order valence-corrected chi connectivity index (χ0v) is 13.0. The lowest BCUT2D eigenvalue weighted by molar-refractivity contribution is 0.127. The minimum absolute atomic E-state index is 0.0133. The van der Waals surface area contributed by atoms with E-state index in [-0.39, 0.29) is 29.1 Å². The van der Waals surface area contributed by atoms with Gasteiger partial charge in [-0.05, 0) is 26.7 Å². The number of aliphatic hydroxyl groups is 1. The van der Waals surface area contributed by atoms with Gasteiger partial charge in [-0.2, -0.15) is 0 Å². The second-order valence-electron chi connectivity index (χ2n) is 6.13. The van der Waals surface area contributed by atoms with Crippen molar-refractivity contribution in [1.82, 2.24) is 14.3 Å². The Balaban J connectivity index is 2.18. The van der Waals surface area contributed by atoms with Gasteiger partial charge < -0.3 is 9.67 Å². The van der Waals surface area contributed by atoms with Crippen molar-refractivity contribution in [3.63, 3.8) is 0 Å². The molecule has 114 valence electrons. The molecule has 0 aromatic carbocycles. The van der Waals surface area contributed by atoms with Crippen molar-refractivity contribution in [3.05, 3.63) is 12.5 Å². The van der Waals surface area contributed by atoms with E-state index in [1.165, 1.54) is 12.5 Å². The molecular formula is C13H23N3O3S. The van der Waals surface area contributed by atoms with Crippen LogP contribution < -0.4 is 4.72 Å². The van der Waals surface area contributed by atoms with Gasteiger partial charge in [0, 0.05) is 30.3 Å². The molecule has 0 bridgehead atoms. The van der Waals surface area contributed by atoms with Crippen LogP contribution in [0.25, 0.3) is 0 Å². The first-order valence-corrected chi connectivity index (χ1v) is 8.43. The van der Waals surface area contributed by atoms with Crippen LogP contribution in [0.2, 0.25) is 0 Å².